The summed E-state index contributed by atoms with van der Waals surface area (Å²) < 4.78 is 34.4. The molecular formula is C5H7F3N2O. The largest absolute Gasteiger partial charge is 0.405 e. The number of carbonyl (C=O) groups is 1. The van der Waals surface area contributed by atoms with Gasteiger partial charge in [0.15, 0.2) is 0 Å². The molecule has 0 aliphatic carbocycles. The maximum Gasteiger partial charge on any atom is 0.405 e. The van der Waals surface area contributed by atoms with Gasteiger partial charge >= 0.3 is 6.18 Å². The number of rotatable bonds is 2. The Kier molecular flexibility index (Phi) is 2.03. The molecule has 0 aromatic heterocycles. The fourth-order valence-corrected chi connectivity index (χ4v) is 0.555. The summed E-state index contributed by atoms with van der Waals surface area (Å²) >= 11 is 0. The lowest BCUT2D eigenvalue weighted by Gasteiger charge is -2.06. The van der Waals surface area contributed by atoms with Crippen molar-refractivity contribution in [2.75, 3.05) is 13.1 Å². The first-order valence-electron chi connectivity index (χ1n) is 3.07. The van der Waals surface area contributed by atoms with Crippen LogP contribution in [-0.4, -0.2) is 31.2 Å². The van der Waals surface area contributed by atoms with Crippen LogP contribution in [0.5, 0.6) is 0 Å². The van der Waals surface area contributed by atoms with Crippen LogP contribution in [0.1, 0.15) is 0 Å². The molecule has 1 atom stereocenters. The molecule has 1 amide bonds. The maximum atomic E-state index is 11.5. The van der Waals surface area contributed by atoms with Gasteiger partial charge in [-0.2, -0.15) is 13.2 Å². The fraction of sp³-hybridized carbons (Fsp3) is 0.800. The first-order valence-corrected chi connectivity index (χ1v) is 3.07. The van der Waals surface area contributed by atoms with Crippen LogP contribution in [0.25, 0.3) is 0 Å². The Bertz CT molecular complexity index is 164. The zero-order valence-corrected chi connectivity index (χ0v) is 5.53. The van der Waals surface area contributed by atoms with Crippen molar-refractivity contribution < 1.29 is 18.0 Å². The van der Waals surface area contributed by atoms with Gasteiger partial charge in [0, 0.05) is 6.54 Å². The van der Waals surface area contributed by atoms with E-state index in [0.29, 0.717) is 6.54 Å². The zero-order valence-electron chi connectivity index (χ0n) is 5.53. The molecule has 1 aliphatic rings. The van der Waals surface area contributed by atoms with E-state index >= 15 is 0 Å². The van der Waals surface area contributed by atoms with E-state index in [9.17, 15) is 18.0 Å². The lowest BCUT2D eigenvalue weighted by Crippen LogP contribution is -2.37. The fourth-order valence-electron chi connectivity index (χ4n) is 0.555. The molecule has 0 aromatic carbocycles. The molecule has 1 rings (SSSR count). The Morgan fingerprint density at radius 1 is 1.64 bits per heavy atom. The molecule has 0 spiro atoms. The minimum absolute atomic E-state index is 0.405. The molecule has 3 nitrogen and oxygen atoms in total. The van der Waals surface area contributed by atoms with Crippen LogP contribution in [-0.2, 0) is 4.79 Å². The van der Waals surface area contributed by atoms with Gasteiger partial charge in [-0.05, 0) is 0 Å². The monoisotopic (exact) mass is 168 g/mol. The maximum absolute atomic E-state index is 11.5. The van der Waals surface area contributed by atoms with E-state index in [4.69, 9.17) is 0 Å². The Hall–Kier alpha value is -0.780. The van der Waals surface area contributed by atoms with Gasteiger partial charge in [0.1, 0.15) is 6.54 Å². The van der Waals surface area contributed by atoms with Gasteiger partial charge < -0.3 is 10.6 Å². The topological polar surface area (TPSA) is 51.0 Å². The van der Waals surface area contributed by atoms with Crippen LogP contribution >= 0.6 is 0 Å². The average molecular weight is 168 g/mol. The Morgan fingerprint density at radius 2 is 2.18 bits per heavy atom. The minimum Gasteiger partial charge on any atom is -0.346 e. The Balaban J connectivity index is 2.16. The highest BCUT2D eigenvalue weighted by Crippen LogP contribution is 2.12. The second kappa shape index (κ2) is 2.69. The molecule has 1 aliphatic heterocycles. The van der Waals surface area contributed by atoms with E-state index in [0.717, 1.165) is 0 Å². The smallest absolute Gasteiger partial charge is 0.346 e. The van der Waals surface area contributed by atoms with Crippen molar-refractivity contribution in [3.8, 4) is 0 Å². The molecule has 0 saturated carbocycles. The third-order valence-corrected chi connectivity index (χ3v) is 1.19. The van der Waals surface area contributed by atoms with Crippen molar-refractivity contribution in [2.45, 2.75) is 12.2 Å². The first-order chi connectivity index (χ1) is 4.99. The highest BCUT2D eigenvalue weighted by atomic mass is 19.4. The Morgan fingerprint density at radius 3 is 2.55 bits per heavy atom. The first kappa shape index (κ1) is 8.32. The van der Waals surface area contributed by atoms with Crippen LogP contribution in [0.2, 0.25) is 0 Å². The third-order valence-electron chi connectivity index (χ3n) is 1.19. The van der Waals surface area contributed by atoms with Crippen LogP contribution in [0.15, 0.2) is 0 Å². The standard InChI is InChI=1S/C5H7F3N2O/c6-5(7,8)2-10-4(11)3-1-9-3/h3,9H,1-2H2,(H,10,11)/t3-/m1/s1. The number of amides is 1. The summed E-state index contributed by atoms with van der Waals surface area (Å²) in [5.41, 5.74) is 0. The molecule has 6 heteroatoms. The second-order valence-corrected chi connectivity index (χ2v) is 2.29. The molecule has 11 heavy (non-hydrogen) atoms. The number of hydrogen-bond acceptors (Lipinski definition) is 2. The number of nitrogens with one attached hydrogen (secondary N) is 2. The summed E-state index contributed by atoms with van der Waals surface area (Å²) in [6, 6.07) is -0.405. The summed E-state index contributed by atoms with van der Waals surface area (Å²) in [6.45, 7) is -0.770. The van der Waals surface area contributed by atoms with E-state index in [1.807, 2.05) is 0 Å². The molecule has 0 radical (unpaired) electrons. The molecule has 64 valence electrons. The normalized spacial score (nSPS) is 23.0. The highest BCUT2D eigenvalue weighted by molar-refractivity contribution is 5.84. The molecular weight excluding hydrogens is 161 g/mol. The molecule has 1 saturated heterocycles. The predicted molar refractivity (Wildman–Crippen MR) is 30.9 cm³/mol. The number of carbonyl (C=O) groups excluding carboxylic acids is 1. The molecule has 2 N–H and O–H groups in total. The molecule has 1 fully saturated rings. The second-order valence-electron chi connectivity index (χ2n) is 2.29. The van der Waals surface area contributed by atoms with Crippen LogP contribution in [0, 0.1) is 0 Å². The van der Waals surface area contributed by atoms with Crippen molar-refractivity contribution >= 4 is 5.91 Å². The van der Waals surface area contributed by atoms with Crippen molar-refractivity contribution in [2.24, 2.45) is 0 Å². The van der Waals surface area contributed by atoms with E-state index in [1.54, 1.807) is 5.32 Å². The highest BCUT2D eigenvalue weighted by Gasteiger charge is 2.33. The lowest BCUT2D eigenvalue weighted by molar-refractivity contribution is -0.138. The quantitative estimate of drug-likeness (QED) is 0.553. The minimum atomic E-state index is -4.31. The molecule has 0 aromatic rings. The molecule has 0 bridgehead atoms. The van der Waals surface area contributed by atoms with Gasteiger partial charge in [0.05, 0.1) is 6.04 Å². The van der Waals surface area contributed by atoms with Gasteiger partial charge in [0.25, 0.3) is 0 Å². The van der Waals surface area contributed by atoms with E-state index in [-0.39, 0.29) is 0 Å². The number of alkyl halides is 3. The summed E-state index contributed by atoms with van der Waals surface area (Å²) in [7, 11) is 0. The van der Waals surface area contributed by atoms with Gasteiger partial charge in [-0.25, -0.2) is 0 Å². The predicted octanol–water partition coefficient (Wildman–Crippen LogP) is -0.363. The summed E-state index contributed by atoms with van der Waals surface area (Å²) in [4.78, 5) is 10.6. The van der Waals surface area contributed by atoms with Gasteiger partial charge in [0.2, 0.25) is 5.91 Å². The van der Waals surface area contributed by atoms with Gasteiger partial charge in [-0.3, -0.25) is 4.79 Å². The summed E-state index contributed by atoms with van der Waals surface area (Å²) in [6.07, 6.45) is -4.31. The average Bonchev–Trinajstić information content (AvgIpc) is 2.61. The lowest BCUT2D eigenvalue weighted by atomic mass is 10.4. The summed E-state index contributed by atoms with van der Waals surface area (Å²) in [5, 5.41) is 4.35. The SMILES string of the molecule is O=C(NCC(F)(F)F)[C@H]1CN1. The van der Waals surface area contributed by atoms with E-state index in [2.05, 4.69) is 5.32 Å². The number of halogens is 3. The van der Waals surface area contributed by atoms with Gasteiger partial charge in [-0.1, -0.05) is 0 Å². The molecule has 0 unspecified atom stereocenters. The van der Waals surface area contributed by atoms with Crippen molar-refractivity contribution in [3.05, 3.63) is 0 Å². The number of hydrogen-bond donors (Lipinski definition) is 2. The van der Waals surface area contributed by atoms with E-state index < -0.39 is 24.7 Å². The zero-order chi connectivity index (χ0) is 8.48. The van der Waals surface area contributed by atoms with Gasteiger partial charge in [-0.15, -0.1) is 0 Å². The Labute approximate surface area is 61.0 Å². The van der Waals surface area contributed by atoms with Crippen LogP contribution in [0.4, 0.5) is 13.2 Å². The van der Waals surface area contributed by atoms with E-state index in [1.165, 1.54) is 0 Å². The van der Waals surface area contributed by atoms with Crippen LogP contribution < -0.4 is 10.6 Å². The summed E-state index contributed by atoms with van der Waals surface area (Å²) in [5.74, 6) is -0.581. The van der Waals surface area contributed by atoms with Crippen molar-refractivity contribution in [3.63, 3.8) is 0 Å². The molecule has 1 heterocycles. The van der Waals surface area contributed by atoms with Crippen molar-refractivity contribution in [1.82, 2.24) is 10.6 Å². The third kappa shape index (κ3) is 3.22. The van der Waals surface area contributed by atoms with Crippen molar-refractivity contribution in [1.29, 1.82) is 0 Å². The van der Waals surface area contributed by atoms with Crippen LogP contribution in [0.3, 0.4) is 0 Å².